The van der Waals surface area contributed by atoms with E-state index < -0.39 is 12.7 Å². The first kappa shape index (κ1) is 15.3. The predicted molar refractivity (Wildman–Crippen MR) is 63.2 cm³/mol. The molecule has 1 aliphatic heterocycles. The Morgan fingerprint density at radius 2 is 1.94 bits per heavy atom. The van der Waals surface area contributed by atoms with Gasteiger partial charge < -0.3 is 10.2 Å². The van der Waals surface area contributed by atoms with Crippen molar-refractivity contribution in [1.29, 1.82) is 0 Å². The summed E-state index contributed by atoms with van der Waals surface area (Å²) in [5, 5.41) is 3.10. The summed E-state index contributed by atoms with van der Waals surface area (Å²) in [5.74, 6) is -0.360. The predicted octanol–water partition coefficient (Wildman–Crippen LogP) is 2.32. The molecule has 1 amide bonds. The molecule has 0 aromatic rings. The molecule has 0 aromatic carbocycles. The molecule has 0 radical (unpaired) electrons. The van der Waals surface area contributed by atoms with E-state index in [2.05, 4.69) is 5.32 Å². The first-order valence-electron chi connectivity index (χ1n) is 6.51. The minimum absolute atomic E-state index is 0.219. The highest BCUT2D eigenvalue weighted by Crippen LogP contribution is 2.22. The number of hydrogen-bond donors (Lipinski definition) is 1. The van der Waals surface area contributed by atoms with Crippen LogP contribution in [0.1, 0.15) is 39.0 Å². The van der Waals surface area contributed by atoms with Crippen molar-refractivity contribution >= 4 is 5.91 Å². The fraction of sp³-hybridized carbons (Fsp3) is 0.917. The molecular formula is C12H21F3N2O. The van der Waals surface area contributed by atoms with Gasteiger partial charge in [0.15, 0.2) is 0 Å². The van der Waals surface area contributed by atoms with Gasteiger partial charge in [-0.1, -0.05) is 13.3 Å². The largest absolute Gasteiger partial charge is 0.406 e. The van der Waals surface area contributed by atoms with Crippen molar-refractivity contribution in [3.05, 3.63) is 0 Å². The minimum atomic E-state index is -4.31. The second kappa shape index (κ2) is 6.97. The number of rotatable bonds is 5. The van der Waals surface area contributed by atoms with Gasteiger partial charge >= 0.3 is 6.18 Å². The average molecular weight is 266 g/mol. The topological polar surface area (TPSA) is 32.3 Å². The quantitative estimate of drug-likeness (QED) is 0.828. The number of carbonyl (C=O) groups excluding carboxylic acids is 1. The molecule has 0 bridgehead atoms. The van der Waals surface area contributed by atoms with E-state index in [1.807, 2.05) is 6.92 Å². The molecular weight excluding hydrogens is 245 g/mol. The van der Waals surface area contributed by atoms with Crippen LogP contribution in [-0.4, -0.2) is 42.7 Å². The Morgan fingerprint density at radius 1 is 1.33 bits per heavy atom. The van der Waals surface area contributed by atoms with Gasteiger partial charge in [0.25, 0.3) is 0 Å². The fourth-order valence-corrected chi connectivity index (χ4v) is 2.20. The van der Waals surface area contributed by atoms with Gasteiger partial charge in [-0.15, -0.1) is 0 Å². The molecule has 0 saturated carbocycles. The van der Waals surface area contributed by atoms with Gasteiger partial charge in [0, 0.05) is 12.5 Å². The molecule has 0 atom stereocenters. The van der Waals surface area contributed by atoms with Crippen LogP contribution in [0, 0.1) is 0 Å². The van der Waals surface area contributed by atoms with E-state index in [9.17, 15) is 18.0 Å². The number of nitrogens with zero attached hydrogens (tertiary/aromatic N) is 1. The van der Waals surface area contributed by atoms with Crippen LogP contribution in [0.4, 0.5) is 13.2 Å². The summed E-state index contributed by atoms with van der Waals surface area (Å²) in [6.45, 7) is 2.17. The highest BCUT2D eigenvalue weighted by molar-refractivity contribution is 5.76. The lowest BCUT2D eigenvalue weighted by atomic mass is 10.0. The number of halogens is 3. The summed E-state index contributed by atoms with van der Waals surface area (Å²) in [6, 6.07) is -0.266. The molecule has 6 heteroatoms. The molecule has 106 valence electrons. The smallest absolute Gasteiger partial charge is 0.331 e. The van der Waals surface area contributed by atoms with Gasteiger partial charge in [-0.3, -0.25) is 4.79 Å². The number of unbranched alkanes of at least 4 members (excludes halogenated alkanes) is 1. The number of carbonyl (C=O) groups is 1. The Bertz CT molecular complexity index is 263. The van der Waals surface area contributed by atoms with Crippen molar-refractivity contribution in [2.75, 3.05) is 19.6 Å². The van der Waals surface area contributed by atoms with Gasteiger partial charge in [-0.2, -0.15) is 13.2 Å². The first-order valence-corrected chi connectivity index (χ1v) is 6.51. The summed E-state index contributed by atoms with van der Waals surface area (Å²) in [6.07, 6.45) is -1.42. The molecule has 18 heavy (non-hydrogen) atoms. The summed E-state index contributed by atoms with van der Waals surface area (Å²) in [7, 11) is 0. The van der Waals surface area contributed by atoms with Crippen LogP contribution in [0.25, 0.3) is 0 Å². The Kier molecular flexibility index (Phi) is 5.91. The zero-order valence-electron chi connectivity index (χ0n) is 10.7. The molecule has 1 fully saturated rings. The van der Waals surface area contributed by atoms with E-state index in [1.165, 1.54) is 0 Å². The van der Waals surface area contributed by atoms with Crippen LogP contribution in [-0.2, 0) is 4.79 Å². The Balaban J connectivity index is 2.63. The molecule has 1 aliphatic rings. The summed E-state index contributed by atoms with van der Waals surface area (Å²) < 4.78 is 37.6. The molecule has 1 rings (SSSR count). The minimum Gasteiger partial charge on any atom is -0.331 e. The van der Waals surface area contributed by atoms with Crippen LogP contribution in [0.3, 0.4) is 0 Å². The lowest BCUT2D eigenvalue weighted by molar-refractivity contribution is -0.166. The third-order valence-electron chi connectivity index (χ3n) is 3.16. The molecule has 0 aliphatic carbocycles. The van der Waals surface area contributed by atoms with Gasteiger partial charge in [0.2, 0.25) is 5.91 Å². The highest BCUT2D eigenvalue weighted by Gasteiger charge is 2.36. The molecule has 0 unspecified atom stereocenters. The number of amides is 1. The van der Waals surface area contributed by atoms with Gasteiger partial charge in [-0.25, -0.2) is 0 Å². The molecule has 1 N–H and O–H groups in total. The number of piperidine rings is 1. The molecule has 1 heterocycles. The van der Waals surface area contributed by atoms with Gasteiger partial charge in [0.1, 0.15) is 6.54 Å². The summed E-state index contributed by atoms with van der Waals surface area (Å²) in [5.41, 5.74) is 0. The Morgan fingerprint density at radius 3 is 2.44 bits per heavy atom. The Labute approximate surface area is 106 Å². The fourth-order valence-electron chi connectivity index (χ4n) is 2.20. The summed E-state index contributed by atoms with van der Waals surface area (Å²) in [4.78, 5) is 12.9. The van der Waals surface area contributed by atoms with Crippen molar-refractivity contribution < 1.29 is 18.0 Å². The first-order chi connectivity index (χ1) is 8.44. The van der Waals surface area contributed by atoms with Crippen molar-refractivity contribution in [3.8, 4) is 0 Å². The zero-order chi connectivity index (χ0) is 13.6. The maximum atomic E-state index is 12.5. The van der Waals surface area contributed by atoms with Crippen LogP contribution in [0.15, 0.2) is 0 Å². The standard InChI is InChI=1S/C12H21F3N2O/c1-2-3-4-11(18)17(9-12(13,14)15)10-5-7-16-8-6-10/h10,16H,2-9H2,1H3. The molecule has 1 saturated heterocycles. The average Bonchev–Trinajstić information content (AvgIpc) is 2.33. The highest BCUT2D eigenvalue weighted by atomic mass is 19.4. The zero-order valence-corrected chi connectivity index (χ0v) is 10.7. The van der Waals surface area contributed by atoms with Crippen molar-refractivity contribution in [2.45, 2.75) is 51.2 Å². The van der Waals surface area contributed by atoms with Crippen molar-refractivity contribution in [3.63, 3.8) is 0 Å². The lowest BCUT2D eigenvalue weighted by Crippen LogP contribution is -2.49. The lowest BCUT2D eigenvalue weighted by Gasteiger charge is -2.35. The second-order valence-corrected chi connectivity index (χ2v) is 4.72. The van der Waals surface area contributed by atoms with Crippen molar-refractivity contribution in [1.82, 2.24) is 10.2 Å². The normalized spacial score (nSPS) is 17.8. The molecule has 0 spiro atoms. The van der Waals surface area contributed by atoms with Crippen molar-refractivity contribution in [2.24, 2.45) is 0 Å². The Hall–Kier alpha value is -0.780. The molecule has 0 aromatic heterocycles. The van der Waals surface area contributed by atoms with E-state index in [0.717, 1.165) is 11.3 Å². The molecule has 3 nitrogen and oxygen atoms in total. The number of hydrogen-bond acceptors (Lipinski definition) is 2. The van der Waals surface area contributed by atoms with Gasteiger partial charge in [-0.05, 0) is 32.4 Å². The third kappa shape index (κ3) is 5.25. The van der Waals surface area contributed by atoms with E-state index in [1.54, 1.807) is 0 Å². The van der Waals surface area contributed by atoms with E-state index >= 15 is 0 Å². The van der Waals surface area contributed by atoms with E-state index in [-0.39, 0.29) is 18.4 Å². The van der Waals surface area contributed by atoms with Crippen LogP contribution in [0.2, 0.25) is 0 Å². The van der Waals surface area contributed by atoms with E-state index in [0.29, 0.717) is 32.4 Å². The maximum Gasteiger partial charge on any atom is 0.406 e. The van der Waals surface area contributed by atoms with Crippen LogP contribution < -0.4 is 5.32 Å². The van der Waals surface area contributed by atoms with Crippen LogP contribution in [0.5, 0.6) is 0 Å². The summed E-state index contributed by atoms with van der Waals surface area (Å²) >= 11 is 0. The SMILES string of the molecule is CCCCC(=O)N(CC(F)(F)F)C1CCNCC1. The number of nitrogens with one attached hydrogen (secondary N) is 1. The van der Waals surface area contributed by atoms with Gasteiger partial charge in [0.05, 0.1) is 0 Å². The maximum absolute atomic E-state index is 12.5. The number of alkyl halides is 3. The van der Waals surface area contributed by atoms with E-state index in [4.69, 9.17) is 0 Å². The second-order valence-electron chi connectivity index (χ2n) is 4.72. The van der Waals surface area contributed by atoms with Crippen LogP contribution >= 0.6 is 0 Å². The monoisotopic (exact) mass is 266 g/mol. The third-order valence-corrected chi connectivity index (χ3v) is 3.16.